The minimum Gasteiger partial charge on any atom is -0.480 e. The number of carbonyl (C=O) groups is 2. The van der Waals surface area contributed by atoms with Gasteiger partial charge < -0.3 is 14.5 Å². The van der Waals surface area contributed by atoms with Gasteiger partial charge in [0.1, 0.15) is 23.1 Å². The van der Waals surface area contributed by atoms with E-state index in [9.17, 15) is 14.7 Å². The van der Waals surface area contributed by atoms with Gasteiger partial charge in [-0.15, -0.1) is 0 Å². The molecule has 1 aliphatic rings. The Labute approximate surface area is 127 Å². The number of hydrogen-bond acceptors (Lipinski definition) is 4. The van der Waals surface area contributed by atoms with E-state index in [1.165, 1.54) is 4.90 Å². The summed E-state index contributed by atoms with van der Waals surface area (Å²) >= 11 is 0. The van der Waals surface area contributed by atoms with Crippen LogP contribution >= 0.6 is 0 Å². The van der Waals surface area contributed by atoms with Crippen molar-refractivity contribution < 1.29 is 19.2 Å². The first-order valence-electron chi connectivity index (χ1n) is 7.15. The van der Waals surface area contributed by atoms with Gasteiger partial charge in [0.2, 0.25) is 0 Å². The molecule has 22 heavy (non-hydrogen) atoms. The van der Waals surface area contributed by atoms with Crippen LogP contribution in [0.5, 0.6) is 0 Å². The fourth-order valence-electron chi connectivity index (χ4n) is 2.83. The Morgan fingerprint density at radius 2 is 2.05 bits per heavy atom. The molecule has 1 aromatic carbocycles. The molecule has 0 bridgehead atoms. The van der Waals surface area contributed by atoms with E-state index in [4.69, 9.17) is 4.52 Å². The Bertz CT molecular complexity index is 708. The molecule has 3 rings (SSSR count). The number of aromatic nitrogens is 1. The van der Waals surface area contributed by atoms with E-state index in [2.05, 4.69) is 5.16 Å². The number of carboxylic acid groups (broad SMARTS) is 1. The number of benzene rings is 1. The number of carbonyl (C=O) groups excluding carboxylic acids is 1. The minimum absolute atomic E-state index is 0.331. The van der Waals surface area contributed by atoms with Crippen molar-refractivity contribution >= 4 is 11.9 Å². The summed E-state index contributed by atoms with van der Waals surface area (Å²) in [6.45, 7) is 2.10. The molecule has 1 saturated heterocycles. The van der Waals surface area contributed by atoms with E-state index in [1.54, 1.807) is 6.92 Å². The third kappa shape index (κ3) is 2.36. The number of hydrogen-bond donors (Lipinski definition) is 1. The monoisotopic (exact) mass is 300 g/mol. The van der Waals surface area contributed by atoms with Gasteiger partial charge in [0.05, 0.1) is 0 Å². The average Bonchev–Trinajstić information content (AvgIpc) is 3.14. The van der Waals surface area contributed by atoms with Crippen LogP contribution in [0.1, 0.15) is 29.0 Å². The molecule has 1 aliphatic heterocycles. The molecule has 0 radical (unpaired) electrons. The van der Waals surface area contributed by atoms with Crippen molar-refractivity contribution in [3.05, 3.63) is 41.7 Å². The van der Waals surface area contributed by atoms with E-state index < -0.39 is 12.0 Å². The van der Waals surface area contributed by atoms with Crippen LogP contribution < -0.4 is 0 Å². The van der Waals surface area contributed by atoms with Crippen molar-refractivity contribution in [1.29, 1.82) is 0 Å². The highest BCUT2D eigenvalue weighted by atomic mass is 16.5. The normalized spacial score (nSPS) is 17.7. The minimum atomic E-state index is -0.971. The topological polar surface area (TPSA) is 83.6 Å². The van der Waals surface area contributed by atoms with Crippen molar-refractivity contribution in [2.75, 3.05) is 6.54 Å². The first kappa shape index (κ1) is 14.3. The predicted molar refractivity (Wildman–Crippen MR) is 78.4 cm³/mol. The van der Waals surface area contributed by atoms with Crippen LogP contribution in [0.25, 0.3) is 11.3 Å². The van der Waals surface area contributed by atoms with Crippen molar-refractivity contribution in [3.63, 3.8) is 0 Å². The quantitative estimate of drug-likeness (QED) is 0.940. The molecule has 2 aromatic rings. The maximum atomic E-state index is 12.8. The van der Waals surface area contributed by atoms with Crippen LogP contribution in [0.3, 0.4) is 0 Å². The summed E-state index contributed by atoms with van der Waals surface area (Å²) in [5.74, 6) is -0.899. The first-order chi connectivity index (χ1) is 10.6. The number of nitrogens with zero attached hydrogens (tertiary/aromatic N) is 2. The fourth-order valence-corrected chi connectivity index (χ4v) is 2.83. The summed E-state index contributed by atoms with van der Waals surface area (Å²) in [4.78, 5) is 25.5. The number of rotatable bonds is 3. The van der Waals surface area contributed by atoms with E-state index in [0.717, 1.165) is 5.56 Å². The molecule has 1 N–H and O–H groups in total. The third-order valence-corrected chi connectivity index (χ3v) is 3.92. The molecular weight excluding hydrogens is 284 g/mol. The molecular formula is C16H16N2O4. The average molecular weight is 300 g/mol. The van der Waals surface area contributed by atoms with Gasteiger partial charge in [0, 0.05) is 12.1 Å². The molecule has 0 saturated carbocycles. The zero-order valence-electron chi connectivity index (χ0n) is 12.2. The second kappa shape index (κ2) is 5.63. The standard InChI is InChI=1S/C16H16N2O4/c1-10-13(14(17-22-10)11-6-3-2-4-7-11)15(19)18-9-5-8-12(18)16(20)21/h2-4,6-7,12H,5,8-9H2,1H3,(H,20,21). The number of carboxylic acids is 1. The number of aryl methyl sites for hydroxylation is 1. The number of aliphatic carboxylic acids is 1. The Kier molecular flexibility index (Phi) is 3.66. The molecule has 6 heteroatoms. The maximum absolute atomic E-state index is 12.8. The van der Waals surface area contributed by atoms with Crippen LogP contribution in [0, 0.1) is 6.92 Å². The van der Waals surface area contributed by atoms with Gasteiger partial charge in [-0.1, -0.05) is 35.5 Å². The van der Waals surface area contributed by atoms with Gasteiger partial charge in [-0.3, -0.25) is 4.79 Å². The Morgan fingerprint density at radius 3 is 2.73 bits per heavy atom. The second-order valence-electron chi connectivity index (χ2n) is 5.32. The fraction of sp³-hybridized carbons (Fsp3) is 0.312. The Balaban J connectivity index is 2.00. The van der Waals surface area contributed by atoms with Crippen LogP contribution in [-0.4, -0.2) is 39.6 Å². The summed E-state index contributed by atoms with van der Waals surface area (Å²) in [6, 6.07) is 8.48. The lowest BCUT2D eigenvalue weighted by atomic mass is 10.0. The van der Waals surface area contributed by atoms with Gasteiger partial charge in [0.15, 0.2) is 0 Å². The molecule has 2 heterocycles. The van der Waals surface area contributed by atoms with Gasteiger partial charge in [0.25, 0.3) is 5.91 Å². The summed E-state index contributed by atoms with van der Waals surface area (Å²) < 4.78 is 5.18. The molecule has 114 valence electrons. The first-order valence-corrected chi connectivity index (χ1v) is 7.15. The molecule has 1 unspecified atom stereocenters. The van der Waals surface area contributed by atoms with E-state index in [0.29, 0.717) is 36.4 Å². The van der Waals surface area contributed by atoms with Gasteiger partial charge in [-0.05, 0) is 19.8 Å². The Hall–Kier alpha value is -2.63. The highest BCUT2D eigenvalue weighted by molar-refractivity contribution is 6.02. The molecule has 0 aliphatic carbocycles. The van der Waals surface area contributed by atoms with E-state index in [1.807, 2.05) is 30.3 Å². The lowest BCUT2D eigenvalue weighted by molar-refractivity contribution is -0.141. The maximum Gasteiger partial charge on any atom is 0.326 e. The van der Waals surface area contributed by atoms with Crippen molar-refractivity contribution in [3.8, 4) is 11.3 Å². The highest BCUT2D eigenvalue weighted by Crippen LogP contribution is 2.29. The lowest BCUT2D eigenvalue weighted by Crippen LogP contribution is -2.40. The molecule has 1 amide bonds. The highest BCUT2D eigenvalue weighted by Gasteiger charge is 2.37. The number of amides is 1. The SMILES string of the molecule is Cc1onc(-c2ccccc2)c1C(=O)N1CCCC1C(=O)O. The third-order valence-electron chi connectivity index (χ3n) is 3.92. The molecule has 1 atom stereocenters. The van der Waals surface area contributed by atoms with Crippen molar-refractivity contribution in [2.45, 2.75) is 25.8 Å². The zero-order chi connectivity index (χ0) is 15.7. The summed E-state index contributed by atoms with van der Waals surface area (Å²) in [5, 5.41) is 13.2. The summed E-state index contributed by atoms with van der Waals surface area (Å²) in [6.07, 6.45) is 1.17. The molecule has 0 spiro atoms. The smallest absolute Gasteiger partial charge is 0.326 e. The van der Waals surface area contributed by atoms with Gasteiger partial charge in [-0.25, -0.2) is 4.79 Å². The molecule has 1 fully saturated rings. The summed E-state index contributed by atoms with van der Waals surface area (Å²) in [7, 11) is 0. The molecule has 6 nitrogen and oxygen atoms in total. The second-order valence-corrected chi connectivity index (χ2v) is 5.32. The van der Waals surface area contributed by atoms with Crippen LogP contribution in [0.2, 0.25) is 0 Å². The largest absolute Gasteiger partial charge is 0.480 e. The zero-order valence-corrected chi connectivity index (χ0v) is 12.2. The molecule has 1 aromatic heterocycles. The van der Waals surface area contributed by atoms with Crippen LogP contribution in [0.15, 0.2) is 34.9 Å². The van der Waals surface area contributed by atoms with E-state index in [-0.39, 0.29) is 5.91 Å². The summed E-state index contributed by atoms with van der Waals surface area (Å²) in [5.41, 5.74) is 1.58. The van der Waals surface area contributed by atoms with Crippen LogP contribution in [-0.2, 0) is 4.79 Å². The van der Waals surface area contributed by atoms with Crippen molar-refractivity contribution in [1.82, 2.24) is 10.1 Å². The lowest BCUT2D eigenvalue weighted by Gasteiger charge is -2.21. The van der Waals surface area contributed by atoms with Crippen LogP contribution in [0.4, 0.5) is 0 Å². The van der Waals surface area contributed by atoms with Crippen molar-refractivity contribution in [2.24, 2.45) is 0 Å². The number of likely N-dealkylation sites (tertiary alicyclic amines) is 1. The van der Waals surface area contributed by atoms with E-state index >= 15 is 0 Å². The predicted octanol–water partition coefficient (Wildman–Crippen LogP) is 2.34. The van der Waals surface area contributed by atoms with Gasteiger partial charge >= 0.3 is 5.97 Å². The Morgan fingerprint density at radius 1 is 1.32 bits per heavy atom. The van der Waals surface area contributed by atoms with Gasteiger partial charge in [-0.2, -0.15) is 0 Å².